The maximum atomic E-state index is 12.1. The third-order valence-corrected chi connectivity index (χ3v) is 1.81. The van der Waals surface area contributed by atoms with Gasteiger partial charge >= 0.3 is 0 Å². The zero-order valence-corrected chi connectivity index (χ0v) is 7.45. The van der Waals surface area contributed by atoms with E-state index in [1.165, 1.54) is 0 Å². The van der Waals surface area contributed by atoms with Gasteiger partial charge in [-0.25, -0.2) is 8.78 Å². The Morgan fingerprint density at radius 2 is 2.31 bits per heavy atom. The second-order valence-electron chi connectivity index (χ2n) is 2.91. The minimum absolute atomic E-state index is 0.178. The first-order valence-electron chi connectivity index (χ1n) is 4.18. The molecule has 0 aliphatic carbocycles. The molecule has 1 aromatic rings. The first-order valence-corrected chi connectivity index (χ1v) is 4.18. The number of halogens is 2. The molecule has 1 rings (SSSR count). The van der Waals surface area contributed by atoms with Gasteiger partial charge in [0.25, 0.3) is 6.43 Å². The molecule has 13 heavy (non-hydrogen) atoms. The van der Waals surface area contributed by atoms with Crippen LogP contribution in [0.1, 0.15) is 12.5 Å². The molecule has 0 radical (unpaired) electrons. The van der Waals surface area contributed by atoms with E-state index in [0.29, 0.717) is 0 Å². The summed E-state index contributed by atoms with van der Waals surface area (Å²) in [6.45, 7) is 2.67. The Bertz CT molecular complexity index is 260. The monoisotopic (exact) mass is 189 g/mol. The van der Waals surface area contributed by atoms with E-state index in [1.807, 2.05) is 6.92 Å². The highest BCUT2D eigenvalue weighted by atomic mass is 19.3. The van der Waals surface area contributed by atoms with Crippen LogP contribution >= 0.6 is 0 Å². The molecule has 74 valence electrons. The SMILES string of the molecule is CCn1cc(CC(N)C(F)F)cn1. The molecule has 0 aliphatic rings. The molecule has 0 saturated carbocycles. The van der Waals surface area contributed by atoms with Crippen LogP contribution in [0.3, 0.4) is 0 Å². The lowest BCUT2D eigenvalue weighted by Crippen LogP contribution is -2.30. The molecule has 0 saturated heterocycles. The Morgan fingerprint density at radius 1 is 1.62 bits per heavy atom. The van der Waals surface area contributed by atoms with Crippen LogP contribution in [0.5, 0.6) is 0 Å². The topological polar surface area (TPSA) is 43.8 Å². The first kappa shape index (κ1) is 10.1. The molecule has 1 aromatic heterocycles. The third-order valence-electron chi connectivity index (χ3n) is 1.81. The largest absolute Gasteiger partial charge is 0.323 e. The molecule has 0 aromatic carbocycles. The average Bonchev–Trinajstić information content (AvgIpc) is 2.52. The van der Waals surface area contributed by atoms with E-state index in [9.17, 15) is 8.78 Å². The second-order valence-corrected chi connectivity index (χ2v) is 2.91. The van der Waals surface area contributed by atoms with Crippen LogP contribution in [0.4, 0.5) is 8.78 Å². The second kappa shape index (κ2) is 4.32. The van der Waals surface area contributed by atoms with Crippen molar-refractivity contribution in [2.24, 2.45) is 5.73 Å². The molecule has 2 N–H and O–H groups in total. The lowest BCUT2D eigenvalue weighted by molar-refractivity contribution is 0.116. The van der Waals surface area contributed by atoms with E-state index in [0.717, 1.165) is 12.1 Å². The van der Waals surface area contributed by atoms with E-state index in [2.05, 4.69) is 5.10 Å². The highest BCUT2D eigenvalue weighted by Gasteiger charge is 2.16. The van der Waals surface area contributed by atoms with Crippen LogP contribution < -0.4 is 5.73 Å². The molecule has 5 heteroatoms. The number of nitrogens with two attached hydrogens (primary N) is 1. The van der Waals surface area contributed by atoms with Crippen LogP contribution in [0, 0.1) is 0 Å². The van der Waals surface area contributed by atoms with Crippen LogP contribution in [-0.4, -0.2) is 22.2 Å². The van der Waals surface area contributed by atoms with Crippen LogP contribution in [0.25, 0.3) is 0 Å². The number of aromatic nitrogens is 2. The fourth-order valence-corrected chi connectivity index (χ4v) is 1.05. The van der Waals surface area contributed by atoms with Crippen molar-refractivity contribution in [3.8, 4) is 0 Å². The standard InChI is InChI=1S/C8H13F2N3/c1-2-13-5-6(4-12-13)3-7(11)8(9)10/h4-5,7-8H,2-3,11H2,1H3. The summed E-state index contributed by atoms with van der Waals surface area (Å²) in [6, 6.07) is -1.09. The van der Waals surface area contributed by atoms with Gasteiger partial charge in [0, 0.05) is 12.7 Å². The molecular formula is C8H13F2N3. The van der Waals surface area contributed by atoms with E-state index in [4.69, 9.17) is 5.73 Å². The number of hydrogen-bond acceptors (Lipinski definition) is 2. The van der Waals surface area contributed by atoms with Crippen LogP contribution in [0.15, 0.2) is 12.4 Å². The Balaban J connectivity index is 2.53. The summed E-state index contributed by atoms with van der Waals surface area (Å²) in [6.07, 6.45) is 1.02. The number of nitrogens with zero attached hydrogens (tertiary/aromatic N) is 2. The van der Waals surface area contributed by atoms with Crippen molar-refractivity contribution in [3.05, 3.63) is 18.0 Å². The Hall–Kier alpha value is -0.970. The summed E-state index contributed by atoms with van der Waals surface area (Å²) in [5, 5.41) is 3.96. The van der Waals surface area contributed by atoms with Crippen LogP contribution in [0.2, 0.25) is 0 Å². The van der Waals surface area contributed by atoms with Crippen molar-refractivity contribution in [3.63, 3.8) is 0 Å². The van der Waals surface area contributed by atoms with Crippen molar-refractivity contribution in [2.45, 2.75) is 32.4 Å². The minimum atomic E-state index is -2.47. The predicted octanol–water partition coefficient (Wildman–Crippen LogP) is 1.04. The fraction of sp³-hybridized carbons (Fsp3) is 0.625. The van der Waals surface area contributed by atoms with Crippen molar-refractivity contribution < 1.29 is 8.78 Å². The Morgan fingerprint density at radius 3 is 2.77 bits per heavy atom. The fourth-order valence-electron chi connectivity index (χ4n) is 1.05. The highest BCUT2D eigenvalue weighted by molar-refractivity contribution is 5.06. The van der Waals surface area contributed by atoms with Crippen molar-refractivity contribution in [1.82, 2.24) is 9.78 Å². The van der Waals surface area contributed by atoms with Gasteiger partial charge in [-0.15, -0.1) is 0 Å². The highest BCUT2D eigenvalue weighted by Crippen LogP contribution is 2.06. The Kier molecular flexibility index (Phi) is 3.36. The van der Waals surface area contributed by atoms with Gasteiger partial charge in [0.05, 0.1) is 12.2 Å². The first-order chi connectivity index (χ1) is 6.13. The number of alkyl halides is 2. The third kappa shape index (κ3) is 2.77. The molecule has 0 aliphatic heterocycles. The summed E-state index contributed by atoms with van der Waals surface area (Å²) >= 11 is 0. The molecule has 0 spiro atoms. The normalized spacial score (nSPS) is 13.6. The molecule has 0 bridgehead atoms. The molecule has 0 amide bonds. The molecular weight excluding hydrogens is 176 g/mol. The summed E-state index contributed by atoms with van der Waals surface area (Å²) in [5.74, 6) is 0. The quantitative estimate of drug-likeness (QED) is 0.769. The molecule has 0 fully saturated rings. The summed E-state index contributed by atoms with van der Waals surface area (Å²) in [5.41, 5.74) is 5.97. The van der Waals surface area contributed by atoms with Crippen LogP contribution in [-0.2, 0) is 13.0 Å². The van der Waals surface area contributed by atoms with Gasteiger partial charge in [-0.05, 0) is 18.9 Å². The lowest BCUT2D eigenvalue weighted by Gasteiger charge is -2.07. The summed E-state index contributed by atoms with van der Waals surface area (Å²) < 4.78 is 25.8. The maximum Gasteiger partial charge on any atom is 0.253 e. The van der Waals surface area contributed by atoms with E-state index < -0.39 is 12.5 Å². The predicted molar refractivity (Wildman–Crippen MR) is 45.6 cm³/mol. The maximum absolute atomic E-state index is 12.1. The van der Waals surface area contributed by atoms with Crippen molar-refractivity contribution >= 4 is 0 Å². The molecule has 1 unspecified atom stereocenters. The molecule has 1 atom stereocenters. The van der Waals surface area contributed by atoms with Gasteiger partial charge in [0.1, 0.15) is 0 Å². The smallest absolute Gasteiger partial charge is 0.253 e. The van der Waals surface area contributed by atoms with Gasteiger partial charge in [0.15, 0.2) is 0 Å². The van der Waals surface area contributed by atoms with Gasteiger partial charge in [-0.1, -0.05) is 0 Å². The van der Waals surface area contributed by atoms with E-state index >= 15 is 0 Å². The summed E-state index contributed by atoms with van der Waals surface area (Å²) in [7, 11) is 0. The number of hydrogen-bond donors (Lipinski definition) is 1. The zero-order chi connectivity index (χ0) is 9.84. The summed E-state index contributed by atoms with van der Waals surface area (Å²) in [4.78, 5) is 0. The Labute approximate surface area is 75.5 Å². The van der Waals surface area contributed by atoms with Gasteiger partial charge in [0.2, 0.25) is 0 Å². The van der Waals surface area contributed by atoms with Crippen molar-refractivity contribution in [2.75, 3.05) is 0 Å². The number of aryl methyl sites for hydroxylation is 1. The average molecular weight is 189 g/mol. The van der Waals surface area contributed by atoms with E-state index in [-0.39, 0.29) is 6.42 Å². The van der Waals surface area contributed by atoms with Gasteiger partial charge in [-0.2, -0.15) is 5.10 Å². The lowest BCUT2D eigenvalue weighted by atomic mass is 10.1. The zero-order valence-electron chi connectivity index (χ0n) is 7.45. The van der Waals surface area contributed by atoms with E-state index in [1.54, 1.807) is 17.1 Å². The van der Waals surface area contributed by atoms with Crippen molar-refractivity contribution in [1.29, 1.82) is 0 Å². The minimum Gasteiger partial charge on any atom is -0.323 e. The molecule has 1 heterocycles. The number of rotatable bonds is 4. The van der Waals surface area contributed by atoms with Gasteiger partial charge in [-0.3, -0.25) is 4.68 Å². The van der Waals surface area contributed by atoms with Gasteiger partial charge < -0.3 is 5.73 Å². The molecule has 3 nitrogen and oxygen atoms in total.